The molecule has 78 valence electrons. The van der Waals surface area contributed by atoms with E-state index in [0.717, 1.165) is 11.1 Å². The van der Waals surface area contributed by atoms with E-state index >= 15 is 0 Å². The quantitative estimate of drug-likeness (QED) is 0.763. The standard InChI is InChI=1S/C12H13NO2/c1-7-6-13-11(8(7)2)12(14)10-4-5-15-9(10)3/h4-6,13H,1-3H3. The Morgan fingerprint density at radius 1 is 1.33 bits per heavy atom. The molecule has 0 saturated heterocycles. The van der Waals surface area contributed by atoms with Gasteiger partial charge in [-0.15, -0.1) is 0 Å². The summed E-state index contributed by atoms with van der Waals surface area (Å²) in [6.45, 7) is 5.71. The third-order valence-electron chi connectivity index (χ3n) is 2.73. The lowest BCUT2D eigenvalue weighted by atomic mass is 10.1. The van der Waals surface area contributed by atoms with E-state index in [2.05, 4.69) is 4.98 Å². The largest absolute Gasteiger partial charge is 0.469 e. The van der Waals surface area contributed by atoms with Gasteiger partial charge in [-0.1, -0.05) is 0 Å². The molecule has 2 aromatic rings. The van der Waals surface area contributed by atoms with Crippen molar-refractivity contribution in [3.8, 4) is 0 Å². The molecule has 0 aliphatic rings. The summed E-state index contributed by atoms with van der Waals surface area (Å²) in [4.78, 5) is 15.1. The minimum Gasteiger partial charge on any atom is -0.469 e. The van der Waals surface area contributed by atoms with Crippen molar-refractivity contribution in [2.24, 2.45) is 0 Å². The lowest BCUT2D eigenvalue weighted by molar-refractivity contribution is 0.103. The summed E-state index contributed by atoms with van der Waals surface area (Å²) in [5.74, 6) is 0.651. The second-order valence-corrected chi connectivity index (χ2v) is 3.69. The highest BCUT2D eigenvalue weighted by atomic mass is 16.3. The van der Waals surface area contributed by atoms with Crippen molar-refractivity contribution in [2.75, 3.05) is 0 Å². The van der Waals surface area contributed by atoms with Crippen LogP contribution in [0.3, 0.4) is 0 Å². The number of carbonyl (C=O) groups excluding carboxylic acids is 1. The number of nitrogens with one attached hydrogen (secondary N) is 1. The first kappa shape index (κ1) is 9.77. The second-order valence-electron chi connectivity index (χ2n) is 3.69. The van der Waals surface area contributed by atoms with E-state index in [0.29, 0.717) is 17.0 Å². The molecular weight excluding hydrogens is 190 g/mol. The van der Waals surface area contributed by atoms with Crippen molar-refractivity contribution >= 4 is 5.78 Å². The molecule has 0 amide bonds. The van der Waals surface area contributed by atoms with Crippen molar-refractivity contribution in [1.29, 1.82) is 0 Å². The lowest BCUT2D eigenvalue weighted by Gasteiger charge is -1.98. The molecule has 3 nitrogen and oxygen atoms in total. The van der Waals surface area contributed by atoms with Gasteiger partial charge in [-0.25, -0.2) is 0 Å². The van der Waals surface area contributed by atoms with Gasteiger partial charge in [0.1, 0.15) is 5.76 Å². The maximum atomic E-state index is 12.1. The Labute approximate surface area is 88.1 Å². The fraction of sp³-hybridized carbons (Fsp3) is 0.250. The van der Waals surface area contributed by atoms with E-state index in [-0.39, 0.29) is 5.78 Å². The van der Waals surface area contributed by atoms with E-state index in [4.69, 9.17) is 4.42 Å². The molecule has 0 atom stereocenters. The van der Waals surface area contributed by atoms with E-state index < -0.39 is 0 Å². The third kappa shape index (κ3) is 1.50. The van der Waals surface area contributed by atoms with Crippen molar-refractivity contribution in [1.82, 2.24) is 4.98 Å². The molecule has 0 radical (unpaired) electrons. The van der Waals surface area contributed by atoms with Crippen LogP contribution in [0, 0.1) is 20.8 Å². The first-order valence-corrected chi connectivity index (χ1v) is 4.84. The zero-order valence-electron chi connectivity index (χ0n) is 9.05. The van der Waals surface area contributed by atoms with Gasteiger partial charge in [0.05, 0.1) is 17.5 Å². The number of aromatic amines is 1. The number of carbonyl (C=O) groups is 1. The normalized spacial score (nSPS) is 10.6. The molecule has 0 aromatic carbocycles. The van der Waals surface area contributed by atoms with Gasteiger partial charge in [-0.2, -0.15) is 0 Å². The number of rotatable bonds is 2. The van der Waals surface area contributed by atoms with Crippen molar-refractivity contribution in [3.05, 3.63) is 46.7 Å². The summed E-state index contributed by atoms with van der Waals surface area (Å²) in [6.07, 6.45) is 3.38. The number of H-pyrrole nitrogens is 1. The molecule has 0 spiro atoms. The van der Waals surface area contributed by atoms with E-state index in [1.165, 1.54) is 6.26 Å². The second kappa shape index (κ2) is 3.42. The monoisotopic (exact) mass is 203 g/mol. The number of aryl methyl sites for hydroxylation is 2. The maximum absolute atomic E-state index is 12.1. The van der Waals surface area contributed by atoms with Crippen LogP contribution in [0.4, 0.5) is 0 Å². The molecule has 1 N–H and O–H groups in total. The summed E-state index contributed by atoms with van der Waals surface area (Å²) >= 11 is 0. The number of furan rings is 1. The molecule has 0 bridgehead atoms. The van der Waals surface area contributed by atoms with E-state index in [9.17, 15) is 4.79 Å². The van der Waals surface area contributed by atoms with Crippen molar-refractivity contribution < 1.29 is 9.21 Å². The molecule has 0 saturated carbocycles. The van der Waals surface area contributed by atoms with Gasteiger partial charge in [-0.05, 0) is 38.0 Å². The lowest BCUT2D eigenvalue weighted by Crippen LogP contribution is -2.03. The Hall–Kier alpha value is -1.77. The molecule has 15 heavy (non-hydrogen) atoms. The molecule has 2 aromatic heterocycles. The van der Waals surface area contributed by atoms with Gasteiger partial charge in [0, 0.05) is 6.20 Å². The highest BCUT2D eigenvalue weighted by molar-refractivity contribution is 6.09. The number of aromatic nitrogens is 1. The highest BCUT2D eigenvalue weighted by Crippen LogP contribution is 2.18. The van der Waals surface area contributed by atoms with Crippen LogP contribution in [-0.4, -0.2) is 10.8 Å². The predicted molar refractivity (Wildman–Crippen MR) is 57.1 cm³/mol. The Morgan fingerprint density at radius 2 is 2.07 bits per heavy atom. The summed E-state index contributed by atoms with van der Waals surface area (Å²) in [5.41, 5.74) is 3.37. The van der Waals surface area contributed by atoms with Gasteiger partial charge in [-0.3, -0.25) is 4.79 Å². The van der Waals surface area contributed by atoms with Gasteiger partial charge in [0.25, 0.3) is 0 Å². The molecule has 0 fully saturated rings. The smallest absolute Gasteiger partial charge is 0.212 e. The molecule has 2 heterocycles. The minimum absolute atomic E-state index is 0.00755. The van der Waals surface area contributed by atoms with Crippen LogP contribution in [0.5, 0.6) is 0 Å². The SMILES string of the molecule is Cc1c[nH]c(C(=O)c2ccoc2C)c1C. The number of ketones is 1. The van der Waals surface area contributed by atoms with Gasteiger partial charge < -0.3 is 9.40 Å². The topological polar surface area (TPSA) is 46.0 Å². The average molecular weight is 203 g/mol. The van der Waals surface area contributed by atoms with Gasteiger partial charge in [0.2, 0.25) is 5.78 Å². The minimum atomic E-state index is -0.00755. The summed E-state index contributed by atoms with van der Waals surface area (Å²) in [7, 11) is 0. The van der Waals surface area contributed by atoms with Crippen LogP contribution in [0.2, 0.25) is 0 Å². The molecule has 0 aliphatic carbocycles. The fourth-order valence-electron chi connectivity index (χ4n) is 1.59. The summed E-state index contributed by atoms with van der Waals surface area (Å²) in [5, 5.41) is 0. The van der Waals surface area contributed by atoms with Crippen molar-refractivity contribution in [2.45, 2.75) is 20.8 Å². The van der Waals surface area contributed by atoms with Gasteiger partial charge in [0.15, 0.2) is 0 Å². The van der Waals surface area contributed by atoms with Gasteiger partial charge >= 0.3 is 0 Å². The van der Waals surface area contributed by atoms with E-state index in [1.54, 1.807) is 13.0 Å². The molecular formula is C12H13NO2. The Bertz CT molecular complexity index is 505. The molecule has 0 aliphatic heterocycles. The summed E-state index contributed by atoms with van der Waals surface area (Å²) in [6, 6.07) is 1.70. The number of hydrogen-bond donors (Lipinski definition) is 1. The van der Waals surface area contributed by atoms with E-state index in [1.807, 2.05) is 20.0 Å². The molecule has 3 heteroatoms. The Kier molecular flexibility index (Phi) is 2.23. The maximum Gasteiger partial charge on any atom is 0.212 e. The first-order chi connectivity index (χ1) is 7.11. The van der Waals surface area contributed by atoms with Crippen LogP contribution in [-0.2, 0) is 0 Å². The van der Waals surface area contributed by atoms with Crippen LogP contribution in [0.15, 0.2) is 22.9 Å². The molecule has 2 rings (SSSR count). The predicted octanol–water partition coefficient (Wildman–Crippen LogP) is 2.76. The van der Waals surface area contributed by atoms with Crippen molar-refractivity contribution in [3.63, 3.8) is 0 Å². The van der Waals surface area contributed by atoms with Crippen LogP contribution >= 0.6 is 0 Å². The Balaban J connectivity index is 2.46. The average Bonchev–Trinajstić information content (AvgIpc) is 2.75. The third-order valence-corrected chi connectivity index (χ3v) is 2.73. The number of hydrogen-bond acceptors (Lipinski definition) is 2. The Morgan fingerprint density at radius 3 is 2.53 bits per heavy atom. The fourth-order valence-corrected chi connectivity index (χ4v) is 1.59. The van der Waals surface area contributed by atoms with Crippen LogP contribution in [0.1, 0.15) is 32.9 Å². The highest BCUT2D eigenvalue weighted by Gasteiger charge is 2.17. The molecule has 0 unspecified atom stereocenters. The van der Waals surface area contributed by atoms with Crippen LogP contribution < -0.4 is 0 Å². The van der Waals surface area contributed by atoms with Crippen LogP contribution in [0.25, 0.3) is 0 Å². The zero-order chi connectivity index (χ0) is 11.0. The first-order valence-electron chi connectivity index (χ1n) is 4.84. The zero-order valence-corrected chi connectivity index (χ0v) is 9.05. The summed E-state index contributed by atoms with van der Waals surface area (Å²) < 4.78 is 5.12.